The molecule has 20 heavy (non-hydrogen) atoms. The lowest BCUT2D eigenvalue weighted by Gasteiger charge is -2.10. The maximum atomic E-state index is 13.1. The molecule has 1 heterocycles. The van der Waals surface area contributed by atoms with Gasteiger partial charge in [-0.15, -0.1) is 0 Å². The molecular formula is C15H19BrFN3. The van der Waals surface area contributed by atoms with Crippen LogP contribution in [0.25, 0.3) is 0 Å². The third-order valence-corrected chi connectivity index (χ3v) is 3.94. The normalized spacial score (nSPS) is 12.6. The van der Waals surface area contributed by atoms with E-state index in [1.54, 1.807) is 6.07 Å². The summed E-state index contributed by atoms with van der Waals surface area (Å²) >= 11 is 3.38. The first-order chi connectivity index (χ1) is 9.60. The van der Waals surface area contributed by atoms with E-state index in [2.05, 4.69) is 40.2 Å². The molecule has 0 saturated heterocycles. The summed E-state index contributed by atoms with van der Waals surface area (Å²) in [4.78, 5) is 0. The molecule has 1 aromatic heterocycles. The van der Waals surface area contributed by atoms with Gasteiger partial charge in [0.2, 0.25) is 0 Å². The van der Waals surface area contributed by atoms with Gasteiger partial charge in [-0.1, -0.05) is 28.9 Å². The molecule has 0 saturated carbocycles. The van der Waals surface area contributed by atoms with Crippen molar-refractivity contribution in [2.45, 2.75) is 32.9 Å². The lowest BCUT2D eigenvalue weighted by atomic mass is 10.2. The quantitative estimate of drug-likeness (QED) is 0.865. The number of aromatic nitrogens is 2. The summed E-state index contributed by atoms with van der Waals surface area (Å²) in [6.45, 7) is 5.90. The van der Waals surface area contributed by atoms with Crippen LogP contribution < -0.4 is 5.32 Å². The molecule has 108 valence electrons. The van der Waals surface area contributed by atoms with E-state index in [1.807, 2.05) is 17.1 Å². The highest BCUT2D eigenvalue weighted by Gasteiger charge is 2.08. The third kappa shape index (κ3) is 3.90. The fraction of sp³-hybridized carbons (Fsp3) is 0.400. The Kier molecular flexibility index (Phi) is 5.31. The van der Waals surface area contributed by atoms with Crippen LogP contribution in [0.15, 0.2) is 35.1 Å². The molecule has 2 aromatic rings. The van der Waals surface area contributed by atoms with Crippen LogP contribution in [0.4, 0.5) is 4.39 Å². The van der Waals surface area contributed by atoms with Gasteiger partial charge in [-0.25, -0.2) is 4.39 Å². The number of nitrogens with zero attached hydrogens (tertiary/aromatic N) is 2. The van der Waals surface area contributed by atoms with E-state index in [0.29, 0.717) is 12.6 Å². The Bertz CT molecular complexity index is 568. The van der Waals surface area contributed by atoms with Crippen molar-refractivity contribution in [2.24, 2.45) is 0 Å². The molecule has 1 unspecified atom stereocenters. The summed E-state index contributed by atoms with van der Waals surface area (Å²) < 4.78 is 15.7. The highest BCUT2D eigenvalue weighted by Crippen LogP contribution is 2.19. The standard InChI is InChI=1S/C15H19BrFN3/c1-3-6-18-11(2)13-8-19-20(10-13)9-12-4-5-14(17)7-15(12)16/h4-5,7-8,10-11,18H,3,6,9H2,1-2H3. The third-order valence-electron chi connectivity index (χ3n) is 3.20. The van der Waals surface area contributed by atoms with Gasteiger partial charge in [-0.2, -0.15) is 5.10 Å². The predicted molar refractivity (Wildman–Crippen MR) is 82.1 cm³/mol. The number of hydrogen-bond acceptors (Lipinski definition) is 2. The molecule has 0 amide bonds. The van der Waals surface area contributed by atoms with Gasteiger partial charge in [0, 0.05) is 22.3 Å². The Balaban J connectivity index is 2.05. The van der Waals surface area contributed by atoms with Crippen molar-refractivity contribution in [3.8, 4) is 0 Å². The average molecular weight is 340 g/mol. The topological polar surface area (TPSA) is 29.9 Å². The second-order valence-electron chi connectivity index (χ2n) is 4.88. The maximum absolute atomic E-state index is 13.1. The molecule has 3 nitrogen and oxygen atoms in total. The second kappa shape index (κ2) is 6.99. The maximum Gasteiger partial charge on any atom is 0.124 e. The number of hydrogen-bond donors (Lipinski definition) is 1. The van der Waals surface area contributed by atoms with Crippen molar-refractivity contribution < 1.29 is 4.39 Å². The molecule has 1 aromatic carbocycles. The summed E-state index contributed by atoms with van der Waals surface area (Å²) in [6.07, 6.45) is 5.02. The first-order valence-electron chi connectivity index (χ1n) is 6.79. The summed E-state index contributed by atoms with van der Waals surface area (Å²) in [7, 11) is 0. The van der Waals surface area contributed by atoms with Crippen molar-refractivity contribution in [3.63, 3.8) is 0 Å². The SMILES string of the molecule is CCCNC(C)c1cnn(Cc2ccc(F)cc2Br)c1. The van der Waals surface area contributed by atoms with Crippen LogP contribution >= 0.6 is 15.9 Å². The zero-order valence-corrected chi connectivity index (χ0v) is 13.3. The lowest BCUT2D eigenvalue weighted by molar-refractivity contribution is 0.569. The molecule has 0 radical (unpaired) electrons. The zero-order valence-electron chi connectivity index (χ0n) is 11.7. The molecule has 0 spiro atoms. The van der Waals surface area contributed by atoms with Crippen molar-refractivity contribution >= 4 is 15.9 Å². The predicted octanol–water partition coefficient (Wildman–Crippen LogP) is 3.89. The molecule has 0 bridgehead atoms. The molecule has 0 aliphatic carbocycles. The number of nitrogens with one attached hydrogen (secondary N) is 1. The fourth-order valence-electron chi connectivity index (χ4n) is 1.99. The zero-order chi connectivity index (χ0) is 14.5. The van der Waals surface area contributed by atoms with E-state index in [0.717, 1.165) is 28.6 Å². The Morgan fingerprint density at radius 1 is 1.45 bits per heavy atom. The molecule has 0 fully saturated rings. The van der Waals surface area contributed by atoms with E-state index in [1.165, 1.54) is 12.1 Å². The summed E-state index contributed by atoms with van der Waals surface area (Å²) in [6, 6.07) is 5.01. The minimum absolute atomic E-state index is 0.237. The highest BCUT2D eigenvalue weighted by atomic mass is 79.9. The van der Waals surface area contributed by atoms with E-state index in [4.69, 9.17) is 0 Å². The van der Waals surface area contributed by atoms with Gasteiger partial charge in [-0.05, 0) is 37.6 Å². The van der Waals surface area contributed by atoms with Crippen molar-refractivity contribution in [2.75, 3.05) is 6.54 Å². The molecule has 1 N–H and O–H groups in total. The highest BCUT2D eigenvalue weighted by molar-refractivity contribution is 9.10. The lowest BCUT2D eigenvalue weighted by Crippen LogP contribution is -2.18. The first-order valence-corrected chi connectivity index (χ1v) is 7.59. The summed E-state index contributed by atoms with van der Waals surface area (Å²) in [5, 5.41) is 7.80. The molecular weight excluding hydrogens is 321 g/mol. The summed E-state index contributed by atoms with van der Waals surface area (Å²) in [5.41, 5.74) is 2.17. The molecule has 0 aliphatic heterocycles. The van der Waals surface area contributed by atoms with Crippen LogP contribution in [0.3, 0.4) is 0 Å². The number of halogens is 2. The van der Waals surface area contributed by atoms with Crippen LogP contribution in [0.5, 0.6) is 0 Å². The van der Waals surface area contributed by atoms with Gasteiger partial charge in [0.05, 0.1) is 12.7 Å². The Morgan fingerprint density at radius 2 is 2.25 bits per heavy atom. The van der Waals surface area contributed by atoms with Gasteiger partial charge in [-0.3, -0.25) is 4.68 Å². The van der Waals surface area contributed by atoms with Gasteiger partial charge >= 0.3 is 0 Å². The Hall–Kier alpha value is -1.20. The van der Waals surface area contributed by atoms with Gasteiger partial charge in [0.25, 0.3) is 0 Å². The minimum atomic E-state index is -0.237. The van der Waals surface area contributed by atoms with Crippen LogP contribution in [0.2, 0.25) is 0 Å². The van der Waals surface area contributed by atoms with E-state index in [9.17, 15) is 4.39 Å². The van der Waals surface area contributed by atoms with Crippen LogP contribution in [-0.2, 0) is 6.54 Å². The molecule has 1 atom stereocenters. The van der Waals surface area contributed by atoms with Gasteiger partial charge in [0.15, 0.2) is 0 Å². The van der Waals surface area contributed by atoms with Gasteiger partial charge in [0.1, 0.15) is 5.82 Å². The van der Waals surface area contributed by atoms with Crippen LogP contribution in [0.1, 0.15) is 37.4 Å². The van der Waals surface area contributed by atoms with E-state index < -0.39 is 0 Å². The van der Waals surface area contributed by atoms with Gasteiger partial charge < -0.3 is 5.32 Å². The second-order valence-corrected chi connectivity index (χ2v) is 5.74. The van der Waals surface area contributed by atoms with Crippen molar-refractivity contribution in [1.82, 2.24) is 15.1 Å². The van der Waals surface area contributed by atoms with Crippen LogP contribution in [-0.4, -0.2) is 16.3 Å². The largest absolute Gasteiger partial charge is 0.310 e. The molecule has 2 rings (SSSR count). The Morgan fingerprint density at radius 3 is 2.95 bits per heavy atom. The van der Waals surface area contributed by atoms with Crippen molar-refractivity contribution in [1.29, 1.82) is 0 Å². The first kappa shape index (κ1) is 15.2. The Labute approximate surface area is 127 Å². The average Bonchev–Trinajstić information content (AvgIpc) is 2.88. The van der Waals surface area contributed by atoms with Crippen LogP contribution in [0, 0.1) is 5.82 Å². The fourth-order valence-corrected chi connectivity index (χ4v) is 2.47. The van der Waals surface area contributed by atoms with E-state index in [-0.39, 0.29) is 5.82 Å². The molecule has 0 aliphatic rings. The molecule has 5 heteroatoms. The van der Waals surface area contributed by atoms with E-state index >= 15 is 0 Å². The van der Waals surface area contributed by atoms with Crippen molar-refractivity contribution in [3.05, 3.63) is 52.0 Å². The monoisotopic (exact) mass is 339 g/mol. The summed E-state index contributed by atoms with van der Waals surface area (Å²) in [5.74, 6) is -0.237. The minimum Gasteiger partial charge on any atom is -0.310 e. The number of benzene rings is 1. The smallest absolute Gasteiger partial charge is 0.124 e. The number of rotatable bonds is 6.